The zero-order valence-corrected chi connectivity index (χ0v) is 14.7. The first-order valence-electron chi connectivity index (χ1n) is 7.87. The van der Waals surface area contributed by atoms with Crippen molar-refractivity contribution in [2.24, 2.45) is 0 Å². The topological polar surface area (TPSA) is 75.2 Å². The molecule has 0 saturated carbocycles. The summed E-state index contributed by atoms with van der Waals surface area (Å²) in [7, 11) is -3.60. The number of rotatable bonds is 5. The molecule has 2 heterocycles. The van der Waals surface area contributed by atoms with Crippen LogP contribution in [0, 0.1) is 0 Å². The molecule has 24 heavy (non-hydrogen) atoms. The molecule has 6 nitrogen and oxygen atoms in total. The monoisotopic (exact) mass is 366 g/mol. The predicted octanol–water partition coefficient (Wildman–Crippen LogP) is 2.60. The molecule has 0 aliphatic carbocycles. The number of piperidine rings is 1. The molecule has 3 rings (SSSR count). The molecule has 1 aliphatic heterocycles. The molecule has 0 spiro atoms. The van der Waals surface area contributed by atoms with E-state index in [0.29, 0.717) is 16.7 Å². The van der Waals surface area contributed by atoms with Gasteiger partial charge in [0.1, 0.15) is 0 Å². The molecule has 1 fully saturated rings. The fourth-order valence-corrected chi connectivity index (χ4v) is 3.72. The predicted molar refractivity (Wildman–Crippen MR) is 93.6 cm³/mol. The second-order valence-electron chi connectivity index (χ2n) is 5.67. The summed E-state index contributed by atoms with van der Waals surface area (Å²) < 4.78 is 27.2. The van der Waals surface area contributed by atoms with Gasteiger partial charge in [0.05, 0.1) is 17.1 Å². The van der Waals surface area contributed by atoms with E-state index in [9.17, 15) is 8.42 Å². The largest absolute Gasteiger partial charge is 0.341 e. The summed E-state index contributed by atoms with van der Waals surface area (Å²) in [5, 5.41) is 0.496. The van der Waals surface area contributed by atoms with E-state index >= 15 is 0 Å². The fourth-order valence-electron chi connectivity index (χ4n) is 2.60. The minimum Gasteiger partial charge on any atom is -0.341 e. The van der Waals surface area contributed by atoms with Gasteiger partial charge in [-0.15, -0.1) is 0 Å². The molecule has 1 aromatic heterocycles. The van der Waals surface area contributed by atoms with Crippen LogP contribution >= 0.6 is 11.6 Å². The average molecular weight is 367 g/mol. The lowest BCUT2D eigenvalue weighted by Crippen LogP contribution is -2.31. The van der Waals surface area contributed by atoms with Gasteiger partial charge >= 0.3 is 0 Å². The standard InChI is InChI=1S/C16H19ClN4O2S/c17-13-4-6-15(7-5-13)24(22,23)19-12-14-8-9-18-16(20-14)21-10-2-1-3-11-21/h4-9,19H,1-3,10-12H2. The van der Waals surface area contributed by atoms with Crippen molar-refractivity contribution < 1.29 is 8.42 Å². The van der Waals surface area contributed by atoms with Gasteiger partial charge in [0.15, 0.2) is 0 Å². The molecule has 1 N–H and O–H groups in total. The van der Waals surface area contributed by atoms with Crippen molar-refractivity contribution in [2.75, 3.05) is 18.0 Å². The van der Waals surface area contributed by atoms with Crippen molar-refractivity contribution in [1.82, 2.24) is 14.7 Å². The van der Waals surface area contributed by atoms with E-state index in [1.165, 1.54) is 18.6 Å². The maximum atomic E-state index is 12.3. The van der Waals surface area contributed by atoms with Crippen LogP contribution in [0.5, 0.6) is 0 Å². The van der Waals surface area contributed by atoms with E-state index in [4.69, 9.17) is 11.6 Å². The highest BCUT2D eigenvalue weighted by atomic mass is 35.5. The number of hydrogen-bond donors (Lipinski definition) is 1. The molecule has 2 aromatic rings. The van der Waals surface area contributed by atoms with Gasteiger partial charge in [-0.3, -0.25) is 0 Å². The Balaban J connectivity index is 1.68. The Kier molecular flexibility index (Phi) is 5.33. The Hall–Kier alpha value is -1.70. The van der Waals surface area contributed by atoms with Gasteiger partial charge in [-0.2, -0.15) is 0 Å². The van der Waals surface area contributed by atoms with Gasteiger partial charge in [0.25, 0.3) is 0 Å². The number of nitrogens with zero attached hydrogens (tertiary/aromatic N) is 3. The van der Waals surface area contributed by atoms with Crippen LogP contribution in [0.1, 0.15) is 25.0 Å². The van der Waals surface area contributed by atoms with Crippen molar-refractivity contribution in [2.45, 2.75) is 30.7 Å². The van der Waals surface area contributed by atoms with E-state index in [-0.39, 0.29) is 11.4 Å². The van der Waals surface area contributed by atoms with Crippen LogP contribution < -0.4 is 9.62 Å². The van der Waals surface area contributed by atoms with Crippen LogP contribution in [-0.2, 0) is 16.6 Å². The Morgan fingerprint density at radius 1 is 1.08 bits per heavy atom. The van der Waals surface area contributed by atoms with Crippen molar-refractivity contribution in [1.29, 1.82) is 0 Å². The molecule has 128 valence electrons. The lowest BCUT2D eigenvalue weighted by atomic mass is 10.1. The summed E-state index contributed by atoms with van der Waals surface area (Å²) in [4.78, 5) is 11.1. The van der Waals surface area contributed by atoms with Gasteiger partial charge in [-0.25, -0.2) is 23.1 Å². The zero-order valence-electron chi connectivity index (χ0n) is 13.2. The van der Waals surface area contributed by atoms with E-state index in [2.05, 4.69) is 19.6 Å². The normalized spacial score (nSPS) is 15.5. The minimum atomic E-state index is -3.60. The Morgan fingerprint density at radius 3 is 2.50 bits per heavy atom. The molecule has 0 atom stereocenters. The van der Waals surface area contributed by atoms with Crippen LogP contribution in [0.25, 0.3) is 0 Å². The molecule has 0 amide bonds. The maximum Gasteiger partial charge on any atom is 0.240 e. The first-order valence-corrected chi connectivity index (χ1v) is 9.73. The number of anilines is 1. The highest BCUT2D eigenvalue weighted by Gasteiger charge is 2.16. The molecule has 0 bridgehead atoms. The number of benzene rings is 1. The number of sulfonamides is 1. The Bertz CT molecular complexity index is 790. The lowest BCUT2D eigenvalue weighted by molar-refractivity contribution is 0.566. The highest BCUT2D eigenvalue weighted by molar-refractivity contribution is 7.89. The van der Waals surface area contributed by atoms with Gasteiger partial charge in [0, 0.05) is 24.3 Å². The summed E-state index contributed by atoms with van der Waals surface area (Å²) in [6.45, 7) is 2.01. The minimum absolute atomic E-state index is 0.119. The van der Waals surface area contributed by atoms with Gasteiger partial charge < -0.3 is 4.90 Å². The summed E-state index contributed by atoms with van der Waals surface area (Å²) in [5.41, 5.74) is 0.642. The van der Waals surface area contributed by atoms with Gasteiger partial charge in [-0.05, 0) is 49.6 Å². The second-order valence-corrected chi connectivity index (χ2v) is 7.88. The van der Waals surface area contributed by atoms with Crippen molar-refractivity contribution >= 4 is 27.6 Å². The van der Waals surface area contributed by atoms with E-state index < -0.39 is 10.0 Å². The smallest absolute Gasteiger partial charge is 0.240 e. The second kappa shape index (κ2) is 7.46. The van der Waals surface area contributed by atoms with Crippen LogP contribution in [0.3, 0.4) is 0 Å². The van der Waals surface area contributed by atoms with E-state index in [0.717, 1.165) is 25.9 Å². The van der Waals surface area contributed by atoms with Gasteiger partial charge in [-0.1, -0.05) is 11.6 Å². The van der Waals surface area contributed by atoms with Crippen LogP contribution in [0.4, 0.5) is 5.95 Å². The third-order valence-electron chi connectivity index (χ3n) is 3.91. The van der Waals surface area contributed by atoms with E-state index in [1.807, 2.05) is 0 Å². The highest BCUT2D eigenvalue weighted by Crippen LogP contribution is 2.16. The third kappa shape index (κ3) is 4.23. The summed E-state index contributed by atoms with van der Waals surface area (Å²) in [6, 6.07) is 7.77. The maximum absolute atomic E-state index is 12.3. The summed E-state index contributed by atoms with van der Waals surface area (Å²) in [6.07, 6.45) is 5.17. The molecule has 1 aliphatic rings. The molecular formula is C16H19ClN4O2S. The Morgan fingerprint density at radius 2 is 1.79 bits per heavy atom. The van der Waals surface area contributed by atoms with E-state index in [1.54, 1.807) is 24.4 Å². The molecule has 0 radical (unpaired) electrons. The van der Waals surface area contributed by atoms with Crippen LogP contribution in [0.2, 0.25) is 5.02 Å². The molecular weight excluding hydrogens is 348 g/mol. The fraction of sp³-hybridized carbons (Fsp3) is 0.375. The molecule has 0 unspecified atom stereocenters. The lowest BCUT2D eigenvalue weighted by Gasteiger charge is -2.26. The Labute approximate surface area is 146 Å². The zero-order chi connectivity index (χ0) is 17.0. The molecule has 1 saturated heterocycles. The molecule has 8 heteroatoms. The summed E-state index contributed by atoms with van der Waals surface area (Å²) in [5.74, 6) is 0.665. The number of aromatic nitrogens is 2. The summed E-state index contributed by atoms with van der Waals surface area (Å²) >= 11 is 5.79. The average Bonchev–Trinajstić information content (AvgIpc) is 2.61. The first-order chi connectivity index (χ1) is 11.5. The number of hydrogen-bond acceptors (Lipinski definition) is 5. The van der Waals surface area contributed by atoms with Gasteiger partial charge in [0.2, 0.25) is 16.0 Å². The van der Waals surface area contributed by atoms with Crippen molar-refractivity contribution in [3.63, 3.8) is 0 Å². The number of nitrogens with one attached hydrogen (secondary N) is 1. The quantitative estimate of drug-likeness (QED) is 0.880. The first kappa shape index (κ1) is 17.1. The van der Waals surface area contributed by atoms with Crippen LogP contribution in [0.15, 0.2) is 41.4 Å². The van der Waals surface area contributed by atoms with Crippen molar-refractivity contribution in [3.8, 4) is 0 Å². The third-order valence-corrected chi connectivity index (χ3v) is 5.58. The number of halogens is 1. The van der Waals surface area contributed by atoms with Crippen LogP contribution in [-0.4, -0.2) is 31.5 Å². The SMILES string of the molecule is O=S(=O)(NCc1ccnc(N2CCCCC2)n1)c1ccc(Cl)cc1. The van der Waals surface area contributed by atoms with Crippen molar-refractivity contribution in [3.05, 3.63) is 47.2 Å². The molecule has 1 aromatic carbocycles.